The summed E-state index contributed by atoms with van der Waals surface area (Å²) in [5.74, 6) is -0.401. The van der Waals surface area contributed by atoms with Gasteiger partial charge in [-0.05, 0) is 40.8 Å². The number of methoxy groups -OCH3 is 1. The Labute approximate surface area is 100 Å². The lowest BCUT2D eigenvalue weighted by Gasteiger charge is -1.95. The number of hydrogen-bond donors (Lipinski definition) is 0. The van der Waals surface area contributed by atoms with Crippen LogP contribution in [0.15, 0.2) is 18.2 Å². The minimum Gasteiger partial charge on any atom is -0.464 e. The summed E-state index contributed by atoms with van der Waals surface area (Å²) in [6.07, 6.45) is 0. The zero-order chi connectivity index (χ0) is 11.0. The number of carbonyl (C=O) groups excluding carboxylic acids is 1. The molecule has 15 heavy (non-hydrogen) atoms. The molecule has 0 amide bonds. The van der Waals surface area contributed by atoms with Crippen molar-refractivity contribution in [3.63, 3.8) is 0 Å². The fraction of sp³-hybridized carbons (Fsp3) is 0.200. The van der Waals surface area contributed by atoms with Crippen LogP contribution in [0, 0.1) is 3.57 Å². The first kappa shape index (κ1) is 10.4. The van der Waals surface area contributed by atoms with E-state index in [1.807, 2.05) is 25.2 Å². The van der Waals surface area contributed by atoms with Crippen LogP contribution in [-0.2, 0) is 11.8 Å². The van der Waals surface area contributed by atoms with Gasteiger partial charge >= 0.3 is 5.97 Å². The molecule has 0 N–H and O–H groups in total. The second kappa shape index (κ2) is 3.80. The first-order chi connectivity index (χ1) is 7.13. The van der Waals surface area contributed by atoms with Crippen molar-refractivity contribution < 1.29 is 9.53 Å². The number of ether oxygens (including phenoxy) is 1. The number of halogens is 1. The van der Waals surface area contributed by atoms with E-state index < -0.39 is 5.97 Å². The number of esters is 1. The summed E-state index contributed by atoms with van der Waals surface area (Å²) < 4.78 is 7.47. The lowest BCUT2D eigenvalue weighted by molar-refractivity contribution is 0.0595. The van der Waals surface area contributed by atoms with Crippen molar-refractivity contribution in [3.8, 4) is 0 Å². The lowest BCUT2D eigenvalue weighted by Crippen LogP contribution is -2.03. The van der Waals surface area contributed by atoms with E-state index in [2.05, 4.69) is 32.4 Å². The van der Waals surface area contributed by atoms with Crippen molar-refractivity contribution in [2.45, 2.75) is 0 Å². The zero-order valence-electron chi connectivity index (χ0n) is 8.32. The quantitative estimate of drug-likeness (QED) is 0.597. The van der Waals surface area contributed by atoms with Crippen LogP contribution in [0.2, 0.25) is 0 Å². The van der Waals surface area contributed by atoms with E-state index in [4.69, 9.17) is 0 Å². The Hall–Kier alpha value is -1.11. The minimum atomic E-state index is -0.401. The third kappa shape index (κ3) is 1.71. The van der Waals surface area contributed by atoms with Crippen LogP contribution in [0.25, 0.3) is 10.9 Å². The maximum Gasteiger partial charge on any atom is 0.359 e. The number of carbonyl (C=O) groups is 1. The number of rotatable bonds is 1. The number of aromatic nitrogens is 2. The van der Waals surface area contributed by atoms with Crippen LogP contribution in [0.5, 0.6) is 0 Å². The van der Waals surface area contributed by atoms with E-state index in [-0.39, 0.29) is 0 Å². The number of fused-ring (bicyclic) bond motifs is 1. The molecule has 2 rings (SSSR count). The number of hydrogen-bond acceptors (Lipinski definition) is 3. The van der Waals surface area contributed by atoms with Crippen molar-refractivity contribution in [1.29, 1.82) is 0 Å². The molecule has 0 aliphatic carbocycles. The van der Waals surface area contributed by atoms with Gasteiger partial charge in [-0.1, -0.05) is 0 Å². The molecule has 0 spiro atoms. The normalized spacial score (nSPS) is 10.6. The Kier molecular flexibility index (Phi) is 2.64. The Bertz CT molecular complexity index is 533. The van der Waals surface area contributed by atoms with Crippen LogP contribution >= 0.6 is 22.6 Å². The molecule has 0 aliphatic rings. The van der Waals surface area contributed by atoms with Crippen molar-refractivity contribution in [2.75, 3.05) is 7.11 Å². The second-order valence-corrected chi connectivity index (χ2v) is 4.37. The average Bonchev–Trinajstić information content (AvgIpc) is 2.55. The minimum absolute atomic E-state index is 0.367. The summed E-state index contributed by atoms with van der Waals surface area (Å²) in [6, 6.07) is 5.81. The van der Waals surface area contributed by atoms with Gasteiger partial charge in [-0.15, -0.1) is 0 Å². The van der Waals surface area contributed by atoms with Crippen molar-refractivity contribution in [2.24, 2.45) is 7.05 Å². The topological polar surface area (TPSA) is 44.1 Å². The fourth-order valence-electron chi connectivity index (χ4n) is 1.48. The second-order valence-electron chi connectivity index (χ2n) is 3.13. The van der Waals surface area contributed by atoms with E-state index in [1.54, 1.807) is 4.68 Å². The monoisotopic (exact) mass is 316 g/mol. The van der Waals surface area contributed by atoms with Gasteiger partial charge in [0, 0.05) is 16.0 Å². The van der Waals surface area contributed by atoms with Crippen molar-refractivity contribution in [1.82, 2.24) is 9.78 Å². The van der Waals surface area contributed by atoms with Gasteiger partial charge in [-0.2, -0.15) is 5.10 Å². The standard InChI is InChI=1S/C10H9IN2O2/c1-13-8-5-6(11)3-4-7(8)9(12-13)10(14)15-2/h3-5H,1-2H3. The fourth-order valence-corrected chi connectivity index (χ4v) is 1.95. The van der Waals surface area contributed by atoms with Gasteiger partial charge in [-0.3, -0.25) is 4.68 Å². The molecule has 78 valence electrons. The SMILES string of the molecule is COC(=O)c1nn(C)c2cc(I)ccc12. The van der Waals surface area contributed by atoms with Gasteiger partial charge in [0.15, 0.2) is 5.69 Å². The smallest absolute Gasteiger partial charge is 0.359 e. The molecule has 1 heterocycles. The molecule has 0 fully saturated rings. The molecule has 0 saturated carbocycles. The molecule has 1 aromatic carbocycles. The molecule has 2 aromatic rings. The molecule has 0 radical (unpaired) electrons. The van der Waals surface area contributed by atoms with E-state index in [0.29, 0.717) is 5.69 Å². The highest BCUT2D eigenvalue weighted by Gasteiger charge is 2.16. The van der Waals surface area contributed by atoms with Gasteiger partial charge in [-0.25, -0.2) is 4.79 Å². The summed E-state index contributed by atoms with van der Waals surface area (Å²) in [5.41, 5.74) is 1.30. The molecule has 0 unspecified atom stereocenters. The summed E-state index contributed by atoms with van der Waals surface area (Å²) in [6.45, 7) is 0. The molecule has 0 aliphatic heterocycles. The molecule has 5 heteroatoms. The van der Waals surface area contributed by atoms with Gasteiger partial charge < -0.3 is 4.74 Å². The molecule has 4 nitrogen and oxygen atoms in total. The van der Waals surface area contributed by atoms with Gasteiger partial charge in [0.2, 0.25) is 0 Å². The number of aryl methyl sites for hydroxylation is 1. The summed E-state index contributed by atoms with van der Waals surface area (Å²) in [5, 5.41) is 4.96. The van der Waals surface area contributed by atoms with Gasteiger partial charge in [0.05, 0.1) is 12.6 Å². The maximum atomic E-state index is 11.4. The highest BCUT2D eigenvalue weighted by Crippen LogP contribution is 2.20. The van der Waals surface area contributed by atoms with Crippen molar-refractivity contribution >= 4 is 39.5 Å². The zero-order valence-corrected chi connectivity index (χ0v) is 10.5. The third-order valence-electron chi connectivity index (χ3n) is 2.19. The highest BCUT2D eigenvalue weighted by atomic mass is 127. The highest BCUT2D eigenvalue weighted by molar-refractivity contribution is 14.1. The Balaban J connectivity index is 2.73. The predicted octanol–water partition coefficient (Wildman–Crippen LogP) is 1.96. The summed E-state index contributed by atoms with van der Waals surface area (Å²) in [4.78, 5) is 11.4. The maximum absolute atomic E-state index is 11.4. The van der Waals surface area contributed by atoms with Gasteiger partial charge in [0.25, 0.3) is 0 Å². The van der Waals surface area contributed by atoms with E-state index in [1.165, 1.54) is 7.11 Å². The van der Waals surface area contributed by atoms with Crippen LogP contribution in [0.3, 0.4) is 0 Å². The molecule has 0 saturated heterocycles. The van der Waals surface area contributed by atoms with E-state index in [9.17, 15) is 4.79 Å². The molecular formula is C10H9IN2O2. The number of benzene rings is 1. The van der Waals surface area contributed by atoms with Crippen molar-refractivity contribution in [3.05, 3.63) is 27.5 Å². The van der Waals surface area contributed by atoms with E-state index in [0.717, 1.165) is 14.5 Å². The van der Waals surface area contributed by atoms with Crippen LogP contribution in [0.4, 0.5) is 0 Å². The molecule has 1 aromatic heterocycles. The first-order valence-corrected chi connectivity index (χ1v) is 5.42. The number of nitrogens with zero attached hydrogens (tertiary/aromatic N) is 2. The van der Waals surface area contributed by atoms with Crippen LogP contribution < -0.4 is 0 Å². The lowest BCUT2D eigenvalue weighted by atomic mass is 10.2. The van der Waals surface area contributed by atoms with Gasteiger partial charge in [0.1, 0.15) is 0 Å². The van der Waals surface area contributed by atoms with E-state index >= 15 is 0 Å². The third-order valence-corrected chi connectivity index (χ3v) is 2.86. The Morgan fingerprint density at radius 2 is 2.27 bits per heavy atom. The Morgan fingerprint density at radius 3 is 2.93 bits per heavy atom. The Morgan fingerprint density at radius 1 is 1.53 bits per heavy atom. The molecule has 0 atom stereocenters. The predicted molar refractivity (Wildman–Crippen MR) is 64.8 cm³/mol. The molecule has 0 bridgehead atoms. The van der Waals surface area contributed by atoms with Crippen LogP contribution in [0.1, 0.15) is 10.5 Å². The summed E-state index contributed by atoms with van der Waals surface area (Å²) >= 11 is 2.22. The molecular weight excluding hydrogens is 307 g/mol. The average molecular weight is 316 g/mol. The van der Waals surface area contributed by atoms with Crippen LogP contribution in [-0.4, -0.2) is 22.9 Å². The summed E-state index contributed by atoms with van der Waals surface area (Å²) in [7, 11) is 3.17. The largest absolute Gasteiger partial charge is 0.464 e. The first-order valence-electron chi connectivity index (χ1n) is 4.34.